The predicted molar refractivity (Wildman–Crippen MR) is 169 cm³/mol. The summed E-state index contributed by atoms with van der Waals surface area (Å²) in [4.78, 5) is 49.8. The summed E-state index contributed by atoms with van der Waals surface area (Å²) >= 11 is 1.61. The average molecular weight is 603 g/mol. The first-order valence-corrected chi connectivity index (χ1v) is 15.9. The van der Waals surface area contributed by atoms with Gasteiger partial charge in [0.1, 0.15) is 12.1 Å². The lowest BCUT2D eigenvalue weighted by Crippen LogP contribution is -2.55. The normalized spacial score (nSPS) is 20.0. The number of aryl methyl sites for hydroxylation is 1. The van der Waals surface area contributed by atoms with Gasteiger partial charge < -0.3 is 20.2 Å². The number of hydrogen-bond donors (Lipinski definition) is 2. The van der Waals surface area contributed by atoms with E-state index < -0.39 is 18.2 Å². The molecule has 1 aromatic heterocycles. The SMILES string of the molecule is Cc1ncsc1-c1ccc([C@H](C)NC(=O)C2C[C@@H](O)CN2C(=O)C(C(C)C)N2Cc3ccccc3C2=O)c(C(C)(C)C)c1. The summed E-state index contributed by atoms with van der Waals surface area (Å²) in [5.41, 5.74) is 7.38. The monoisotopic (exact) mass is 602 g/mol. The number of carbonyl (C=O) groups excluding carboxylic acids is 3. The molecule has 3 heterocycles. The van der Waals surface area contributed by atoms with Gasteiger partial charge in [-0.25, -0.2) is 4.98 Å². The van der Waals surface area contributed by atoms with E-state index in [4.69, 9.17) is 0 Å². The quantitative estimate of drug-likeness (QED) is 0.385. The molecule has 2 aliphatic heterocycles. The lowest BCUT2D eigenvalue weighted by Gasteiger charge is -2.35. The van der Waals surface area contributed by atoms with Gasteiger partial charge in [0.25, 0.3) is 5.91 Å². The van der Waals surface area contributed by atoms with Crippen molar-refractivity contribution in [2.45, 2.75) is 91.1 Å². The number of aliphatic hydroxyl groups excluding tert-OH is 1. The maximum Gasteiger partial charge on any atom is 0.255 e. The number of nitrogens with zero attached hydrogens (tertiary/aromatic N) is 3. The summed E-state index contributed by atoms with van der Waals surface area (Å²) in [6, 6.07) is 11.8. The van der Waals surface area contributed by atoms with E-state index in [0.717, 1.165) is 32.8 Å². The van der Waals surface area contributed by atoms with Gasteiger partial charge in [-0.05, 0) is 59.6 Å². The molecule has 0 bridgehead atoms. The number of rotatable bonds is 7. The van der Waals surface area contributed by atoms with Gasteiger partial charge in [0.15, 0.2) is 0 Å². The summed E-state index contributed by atoms with van der Waals surface area (Å²) in [5.74, 6) is -0.969. The molecule has 0 aliphatic carbocycles. The zero-order chi connectivity index (χ0) is 31.2. The van der Waals surface area contributed by atoms with Crippen molar-refractivity contribution in [3.63, 3.8) is 0 Å². The topological polar surface area (TPSA) is 103 Å². The summed E-state index contributed by atoms with van der Waals surface area (Å²) in [6.07, 6.45) is -0.666. The minimum absolute atomic E-state index is 0.0552. The third-order valence-corrected chi connectivity index (χ3v) is 9.61. The predicted octanol–water partition coefficient (Wildman–Crippen LogP) is 5.24. The number of nitrogens with one attached hydrogen (secondary N) is 1. The molecule has 2 aromatic carbocycles. The van der Waals surface area contributed by atoms with Crippen LogP contribution in [0.3, 0.4) is 0 Å². The van der Waals surface area contributed by atoms with E-state index in [-0.39, 0.29) is 48.1 Å². The summed E-state index contributed by atoms with van der Waals surface area (Å²) < 4.78 is 0. The zero-order valence-electron chi connectivity index (χ0n) is 26.0. The Morgan fingerprint density at radius 2 is 1.84 bits per heavy atom. The van der Waals surface area contributed by atoms with Crippen LogP contribution in [0.4, 0.5) is 0 Å². The second-order valence-electron chi connectivity index (χ2n) is 13.2. The highest BCUT2D eigenvalue weighted by Gasteiger charge is 2.46. The van der Waals surface area contributed by atoms with Crippen molar-refractivity contribution >= 4 is 29.1 Å². The smallest absolute Gasteiger partial charge is 0.255 e. The van der Waals surface area contributed by atoms with Crippen LogP contribution in [0.1, 0.15) is 86.7 Å². The van der Waals surface area contributed by atoms with Crippen LogP contribution in [0.5, 0.6) is 0 Å². The van der Waals surface area contributed by atoms with E-state index in [0.29, 0.717) is 12.1 Å². The molecule has 43 heavy (non-hydrogen) atoms. The molecule has 9 heteroatoms. The van der Waals surface area contributed by atoms with Crippen molar-refractivity contribution in [3.05, 3.63) is 75.9 Å². The maximum absolute atomic E-state index is 14.1. The Morgan fingerprint density at radius 1 is 1.12 bits per heavy atom. The average Bonchev–Trinajstić information content (AvgIpc) is 3.65. The molecule has 4 atom stereocenters. The highest BCUT2D eigenvalue weighted by Crippen LogP contribution is 2.36. The van der Waals surface area contributed by atoms with Gasteiger partial charge >= 0.3 is 0 Å². The summed E-state index contributed by atoms with van der Waals surface area (Å²) in [7, 11) is 0. The number of benzene rings is 2. The van der Waals surface area contributed by atoms with Crippen molar-refractivity contribution < 1.29 is 19.5 Å². The Hall–Kier alpha value is -3.56. The maximum atomic E-state index is 14.1. The number of likely N-dealkylation sites (tertiary alicyclic amines) is 1. The first-order valence-electron chi connectivity index (χ1n) is 15.0. The molecule has 228 valence electrons. The van der Waals surface area contributed by atoms with E-state index >= 15 is 0 Å². The number of aromatic nitrogens is 1. The van der Waals surface area contributed by atoms with Crippen LogP contribution in [-0.4, -0.2) is 62.3 Å². The molecule has 0 spiro atoms. The molecular formula is C34H42N4O4S. The van der Waals surface area contributed by atoms with Gasteiger partial charge in [-0.15, -0.1) is 11.3 Å². The van der Waals surface area contributed by atoms with Crippen LogP contribution in [0.15, 0.2) is 48.0 Å². The van der Waals surface area contributed by atoms with Gasteiger partial charge in [0.05, 0.1) is 28.2 Å². The van der Waals surface area contributed by atoms with Gasteiger partial charge in [0.2, 0.25) is 11.8 Å². The number of thiazole rings is 1. The molecule has 1 fully saturated rings. The molecule has 0 saturated carbocycles. The molecule has 3 aromatic rings. The van der Waals surface area contributed by atoms with Crippen LogP contribution in [0.25, 0.3) is 10.4 Å². The molecule has 2 aliphatic rings. The number of amides is 3. The first-order chi connectivity index (χ1) is 20.3. The molecular weight excluding hydrogens is 560 g/mol. The first kappa shape index (κ1) is 30.9. The van der Waals surface area contributed by atoms with E-state index in [9.17, 15) is 19.5 Å². The second-order valence-corrected chi connectivity index (χ2v) is 14.1. The van der Waals surface area contributed by atoms with Gasteiger partial charge in [-0.2, -0.15) is 0 Å². The highest BCUT2D eigenvalue weighted by atomic mass is 32.1. The molecule has 2 N–H and O–H groups in total. The van der Waals surface area contributed by atoms with Crippen molar-refractivity contribution in [2.24, 2.45) is 5.92 Å². The fraction of sp³-hybridized carbons (Fsp3) is 0.471. The van der Waals surface area contributed by atoms with E-state index in [2.05, 4.69) is 49.3 Å². The Bertz CT molecular complexity index is 1540. The Labute approximate surface area is 258 Å². The summed E-state index contributed by atoms with van der Waals surface area (Å²) in [6.45, 7) is 14.6. The van der Waals surface area contributed by atoms with E-state index in [1.165, 1.54) is 4.90 Å². The summed E-state index contributed by atoms with van der Waals surface area (Å²) in [5, 5.41) is 13.8. The minimum atomic E-state index is -0.830. The molecule has 2 unspecified atom stereocenters. The van der Waals surface area contributed by atoms with Gasteiger partial charge in [0, 0.05) is 25.1 Å². The molecule has 8 nitrogen and oxygen atoms in total. The molecule has 0 radical (unpaired) electrons. The fourth-order valence-corrected chi connectivity index (χ4v) is 7.25. The van der Waals surface area contributed by atoms with Crippen molar-refractivity contribution in [1.29, 1.82) is 0 Å². The lowest BCUT2D eigenvalue weighted by atomic mass is 9.81. The zero-order valence-corrected chi connectivity index (χ0v) is 26.9. The number of β-amino-alcohol motifs (C(OH)–C–C–N with tert-alkyl or cyclic N) is 1. The molecule has 1 saturated heterocycles. The number of fused-ring (bicyclic) bond motifs is 1. The number of aliphatic hydroxyl groups is 1. The van der Waals surface area contributed by atoms with Gasteiger partial charge in [-0.1, -0.05) is 65.0 Å². The fourth-order valence-electron chi connectivity index (χ4n) is 6.45. The van der Waals surface area contributed by atoms with Crippen molar-refractivity contribution in [1.82, 2.24) is 20.1 Å². The Morgan fingerprint density at radius 3 is 2.47 bits per heavy atom. The van der Waals surface area contributed by atoms with E-state index in [1.807, 2.05) is 51.4 Å². The number of hydrogen-bond acceptors (Lipinski definition) is 6. The van der Waals surface area contributed by atoms with Crippen LogP contribution >= 0.6 is 11.3 Å². The van der Waals surface area contributed by atoms with Crippen molar-refractivity contribution in [2.75, 3.05) is 6.54 Å². The van der Waals surface area contributed by atoms with Crippen LogP contribution < -0.4 is 5.32 Å². The molecule has 5 rings (SSSR count). The van der Waals surface area contributed by atoms with Crippen LogP contribution in [0, 0.1) is 12.8 Å². The minimum Gasteiger partial charge on any atom is -0.391 e. The largest absolute Gasteiger partial charge is 0.391 e. The highest BCUT2D eigenvalue weighted by molar-refractivity contribution is 7.13. The second kappa shape index (κ2) is 11.8. The Balaban J connectivity index is 1.37. The Kier molecular flexibility index (Phi) is 8.51. The number of carbonyl (C=O) groups is 3. The van der Waals surface area contributed by atoms with Gasteiger partial charge in [-0.3, -0.25) is 14.4 Å². The third kappa shape index (κ3) is 5.97. The lowest BCUT2D eigenvalue weighted by molar-refractivity contribution is -0.143. The molecule has 3 amide bonds. The van der Waals surface area contributed by atoms with Crippen LogP contribution in [-0.2, 0) is 21.5 Å². The third-order valence-electron chi connectivity index (χ3n) is 8.63. The van der Waals surface area contributed by atoms with E-state index in [1.54, 1.807) is 22.3 Å². The van der Waals surface area contributed by atoms with Crippen molar-refractivity contribution in [3.8, 4) is 10.4 Å². The van der Waals surface area contributed by atoms with Crippen LogP contribution in [0.2, 0.25) is 0 Å². The standard InChI is InChI=1S/C34H42N4O4S/c1-19(2)29(38-16-23-10-8-9-11-26(23)32(38)41)33(42)37-17-24(39)15-28(37)31(40)36-20(3)25-13-12-22(14-27(25)34(5,6)7)30-21(4)35-18-43-30/h8-14,18-20,24,28-29,39H,15-17H2,1-7H3,(H,36,40)/t20-,24+,28?,29?/m0/s1.